The van der Waals surface area contributed by atoms with Gasteiger partial charge in [-0.05, 0) is 36.4 Å². The number of hydrogen-bond donors (Lipinski definition) is 1. The number of carbonyl (C=O) groups excluding carboxylic acids is 2. The number of halogens is 1. The summed E-state index contributed by atoms with van der Waals surface area (Å²) in [6.07, 6.45) is 0. The molecule has 0 bridgehead atoms. The van der Waals surface area contributed by atoms with Crippen molar-refractivity contribution in [1.29, 1.82) is 0 Å². The molecule has 0 aliphatic carbocycles. The lowest BCUT2D eigenvalue weighted by Gasteiger charge is -2.11. The quantitative estimate of drug-likeness (QED) is 0.430. The molecule has 2 heterocycles. The molecule has 0 aliphatic heterocycles. The van der Waals surface area contributed by atoms with E-state index in [1.165, 1.54) is 26.0 Å². The summed E-state index contributed by atoms with van der Waals surface area (Å²) in [6.45, 7) is 0. The van der Waals surface area contributed by atoms with Crippen LogP contribution in [-0.4, -0.2) is 40.9 Å². The van der Waals surface area contributed by atoms with Crippen LogP contribution in [0.25, 0.3) is 16.7 Å². The molecule has 32 heavy (non-hydrogen) atoms. The summed E-state index contributed by atoms with van der Waals surface area (Å²) >= 11 is 7.32. The molecule has 0 unspecified atom stereocenters. The van der Waals surface area contributed by atoms with Crippen molar-refractivity contribution in [3.63, 3.8) is 0 Å². The van der Waals surface area contributed by atoms with E-state index in [1.54, 1.807) is 16.8 Å². The van der Waals surface area contributed by atoms with Gasteiger partial charge in [0.2, 0.25) is 0 Å². The Morgan fingerprint density at radius 1 is 1.00 bits per heavy atom. The minimum absolute atomic E-state index is 0.0286. The molecule has 0 saturated heterocycles. The highest BCUT2D eigenvalue weighted by atomic mass is 35.5. The molecule has 4 rings (SSSR count). The Bertz CT molecular complexity index is 1320. The van der Waals surface area contributed by atoms with Crippen LogP contribution in [-0.2, 0) is 9.47 Å². The molecular weight excluding hydrogens is 452 g/mol. The molecule has 0 saturated carbocycles. The molecule has 2 aromatic carbocycles. The number of carbonyl (C=O) groups is 2. The highest BCUT2D eigenvalue weighted by Gasteiger charge is 2.29. The maximum Gasteiger partial charge on any atom is 0.357 e. The van der Waals surface area contributed by atoms with Crippen molar-refractivity contribution in [2.45, 2.75) is 9.92 Å². The molecule has 0 aliphatic rings. The first-order valence-electron chi connectivity index (χ1n) is 9.32. The summed E-state index contributed by atoms with van der Waals surface area (Å²) in [5.41, 5.74) is 7.04. The molecule has 10 heteroatoms. The minimum Gasteiger partial charge on any atom is -0.465 e. The molecule has 2 N–H and O–H groups in total. The van der Waals surface area contributed by atoms with E-state index < -0.39 is 11.9 Å². The summed E-state index contributed by atoms with van der Waals surface area (Å²) in [5.74, 6) is -1.61. The molecule has 0 amide bonds. The Kier molecular flexibility index (Phi) is 6.02. The molecule has 2 aromatic heterocycles. The fourth-order valence-corrected chi connectivity index (χ4v) is 4.18. The van der Waals surface area contributed by atoms with Gasteiger partial charge < -0.3 is 15.2 Å². The number of ether oxygens (including phenoxy) is 2. The lowest BCUT2D eigenvalue weighted by molar-refractivity contribution is 0.0551. The number of methoxy groups -OCH3 is 2. The monoisotopic (exact) mass is 468 g/mol. The van der Waals surface area contributed by atoms with Gasteiger partial charge in [-0.1, -0.05) is 41.6 Å². The molecule has 162 valence electrons. The highest BCUT2D eigenvalue weighted by Crippen LogP contribution is 2.39. The Balaban J connectivity index is 2.03. The number of rotatable bonds is 5. The van der Waals surface area contributed by atoms with Crippen molar-refractivity contribution in [2.24, 2.45) is 0 Å². The summed E-state index contributed by atoms with van der Waals surface area (Å²) in [4.78, 5) is 30.2. The van der Waals surface area contributed by atoms with E-state index in [0.29, 0.717) is 26.8 Å². The smallest absolute Gasteiger partial charge is 0.357 e. The maximum absolute atomic E-state index is 12.5. The van der Waals surface area contributed by atoms with Crippen LogP contribution in [0.3, 0.4) is 0 Å². The largest absolute Gasteiger partial charge is 0.465 e. The standard InChI is InChI=1S/C22H17ClN4O4S/c1-30-21(28)15-17(24)16-19(25-18(15)22(29)31-2)27(13-6-4-3-5-7-13)26-20(16)32-14-10-8-12(23)9-11-14/h3-11H,1-2H3,(H2,24,25). The topological polar surface area (TPSA) is 109 Å². The third-order valence-electron chi connectivity index (χ3n) is 4.62. The van der Waals surface area contributed by atoms with Crippen LogP contribution >= 0.6 is 23.4 Å². The van der Waals surface area contributed by atoms with E-state index in [9.17, 15) is 9.59 Å². The van der Waals surface area contributed by atoms with Gasteiger partial charge in [0.1, 0.15) is 10.6 Å². The van der Waals surface area contributed by atoms with Crippen LogP contribution in [0, 0.1) is 0 Å². The second kappa shape index (κ2) is 8.89. The zero-order valence-corrected chi connectivity index (χ0v) is 18.6. The molecule has 8 nitrogen and oxygen atoms in total. The lowest BCUT2D eigenvalue weighted by Crippen LogP contribution is -2.17. The zero-order chi connectivity index (χ0) is 22.8. The summed E-state index contributed by atoms with van der Waals surface area (Å²) in [6, 6.07) is 16.5. The Hall–Kier alpha value is -3.56. The van der Waals surface area contributed by atoms with Gasteiger partial charge in [0.15, 0.2) is 11.3 Å². The van der Waals surface area contributed by atoms with E-state index in [0.717, 1.165) is 4.90 Å². The molecule has 0 spiro atoms. The number of fused-ring (bicyclic) bond motifs is 1. The average Bonchev–Trinajstić information content (AvgIpc) is 3.18. The fraction of sp³-hybridized carbons (Fsp3) is 0.0909. The number of pyridine rings is 1. The van der Waals surface area contributed by atoms with Crippen molar-refractivity contribution in [2.75, 3.05) is 20.0 Å². The maximum atomic E-state index is 12.5. The first-order chi connectivity index (χ1) is 15.4. The third kappa shape index (κ3) is 3.88. The summed E-state index contributed by atoms with van der Waals surface area (Å²) in [5, 5.41) is 6.21. The molecule has 4 aromatic rings. The number of anilines is 1. The van der Waals surface area contributed by atoms with E-state index in [2.05, 4.69) is 4.98 Å². The van der Waals surface area contributed by atoms with Crippen LogP contribution in [0.5, 0.6) is 0 Å². The normalized spacial score (nSPS) is 10.8. The van der Waals surface area contributed by atoms with E-state index in [1.807, 2.05) is 42.5 Å². The van der Waals surface area contributed by atoms with Crippen LogP contribution in [0.15, 0.2) is 64.5 Å². The van der Waals surface area contributed by atoms with Crippen molar-refractivity contribution in [3.05, 3.63) is 70.9 Å². The Morgan fingerprint density at radius 2 is 1.66 bits per heavy atom. The Morgan fingerprint density at radius 3 is 2.28 bits per heavy atom. The number of hydrogen-bond acceptors (Lipinski definition) is 8. The van der Waals surface area contributed by atoms with Crippen LogP contribution < -0.4 is 5.73 Å². The van der Waals surface area contributed by atoms with Crippen molar-refractivity contribution in [1.82, 2.24) is 14.8 Å². The van der Waals surface area contributed by atoms with Gasteiger partial charge in [0, 0.05) is 9.92 Å². The lowest BCUT2D eigenvalue weighted by atomic mass is 10.1. The molecular formula is C22H17ClN4O4S. The number of esters is 2. The number of nitrogens with zero attached hydrogens (tertiary/aromatic N) is 3. The number of benzene rings is 2. The molecule has 0 atom stereocenters. The number of para-hydroxylation sites is 1. The Labute approximate surface area is 192 Å². The first kappa shape index (κ1) is 21.7. The van der Waals surface area contributed by atoms with E-state index in [-0.39, 0.29) is 16.9 Å². The van der Waals surface area contributed by atoms with E-state index in [4.69, 9.17) is 31.9 Å². The minimum atomic E-state index is -0.813. The fourth-order valence-electron chi connectivity index (χ4n) is 3.13. The third-order valence-corrected chi connectivity index (χ3v) is 5.86. The summed E-state index contributed by atoms with van der Waals surface area (Å²) < 4.78 is 11.2. The number of aromatic nitrogens is 3. The van der Waals surface area contributed by atoms with Crippen molar-refractivity contribution in [3.8, 4) is 5.69 Å². The van der Waals surface area contributed by atoms with E-state index >= 15 is 0 Å². The predicted molar refractivity (Wildman–Crippen MR) is 122 cm³/mol. The first-order valence-corrected chi connectivity index (χ1v) is 10.5. The molecule has 0 radical (unpaired) electrons. The van der Waals surface area contributed by atoms with Gasteiger partial charge in [-0.3, -0.25) is 0 Å². The average molecular weight is 469 g/mol. The second-order valence-corrected chi connectivity index (χ2v) is 8.04. The SMILES string of the molecule is COC(=O)c1nc2c(c(Sc3ccc(Cl)cc3)nn2-c2ccccc2)c(N)c1C(=O)OC. The number of nitrogens with two attached hydrogens (primary N) is 1. The van der Waals surface area contributed by atoms with Gasteiger partial charge in [-0.15, -0.1) is 0 Å². The van der Waals surface area contributed by atoms with Crippen LogP contribution in [0.4, 0.5) is 5.69 Å². The second-order valence-electron chi connectivity index (χ2n) is 6.54. The van der Waals surface area contributed by atoms with Gasteiger partial charge >= 0.3 is 11.9 Å². The van der Waals surface area contributed by atoms with Crippen molar-refractivity contribution < 1.29 is 19.1 Å². The van der Waals surface area contributed by atoms with Gasteiger partial charge in [0.05, 0.1) is 31.0 Å². The van der Waals surface area contributed by atoms with Gasteiger partial charge in [0.25, 0.3) is 0 Å². The number of nitrogen functional groups attached to an aromatic ring is 1. The zero-order valence-electron chi connectivity index (χ0n) is 17.0. The van der Waals surface area contributed by atoms with Gasteiger partial charge in [-0.2, -0.15) is 5.10 Å². The van der Waals surface area contributed by atoms with Gasteiger partial charge in [-0.25, -0.2) is 19.3 Å². The highest BCUT2D eigenvalue weighted by molar-refractivity contribution is 7.99. The molecule has 0 fully saturated rings. The predicted octanol–water partition coefficient (Wildman–Crippen LogP) is 4.38. The van der Waals surface area contributed by atoms with Crippen LogP contribution in [0.2, 0.25) is 5.02 Å². The van der Waals surface area contributed by atoms with Crippen molar-refractivity contribution >= 4 is 52.0 Å². The van der Waals surface area contributed by atoms with Crippen LogP contribution in [0.1, 0.15) is 20.8 Å². The summed E-state index contributed by atoms with van der Waals surface area (Å²) in [7, 11) is 2.39.